The number of aryl methyl sites for hydroxylation is 1. The molecule has 5 rings (SSSR count). The maximum absolute atomic E-state index is 12.0. The highest BCUT2D eigenvalue weighted by molar-refractivity contribution is 5.82. The Balaban J connectivity index is 1.22. The van der Waals surface area contributed by atoms with E-state index in [2.05, 4.69) is 49.4 Å². The lowest BCUT2D eigenvalue weighted by atomic mass is 9.97. The zero-order valence-electron chi connectivity index (χ0n) is 21.0. The van der Waals surface area contributed by atoms with Crippen LogP contribution >= 0.6 is 0 Å². The van der Waals surface area contributed by atoms with Crippen LogP contribution in [-0.2, 0) is 17.6 Å². The lowest BCUT2D eigenvalue weighted by Gasteiger charge is -2.09. The minimum Gasteiger partial charge on any atom is -0.482 e. The summed E-state index contributed by atoms with van der Waals surface area (Å²) in [6, 6.07) is 33.7. The van der Waals surface area contributed by atoms with E-state index in [1.165, 1.54) is 16.5 Å². The zero-order chi connectivity index (χ0) is 25.5. The summed E-state index contributed by atoms with van der Waals surface area (Å²) < 4.78 is 17.1. The van der Waals surface area contributed by atoms with Crippen molar-refractivity contribution in [2.45, 2.75) is 32.6 Å². The molecular weight excluding hydrogens is 460 g/mol. The normalized spacial score (nSPS) is 10.9. The fraction of sp³-hybridized carbons (Fsp3) is 0.182. The van der Waals surface area contributed by atoms with Gasteiger partial charge in [0.25, 0.3) is 0 Å². The number of unbranched alkanes of at least 4 members (excludes halogenated alkanes) is 1. The van der Waals surface area contributed by atoms with Crippen molar-refractivity contribution in [3.05, 3.63) is 120 Å². The van der Waals surface area contributed by atoms with E-state index in [0.717, 1.165) is 48.2 Å². The molecule has 0 aliphatic rings. The molecule has 4 heteroatoms. The molecule has 0 aliphatic heterocycles. The number of hydrogen-bond donors (Lipinski definition) is 0. The molecule has 0 amide bonds. The molecule has 1 aromatic heterocycles. The number of rotatable bonds is 10. The van der Waals surface area contributed by atoms with Crippen molar-refractivity contribution in [3.63, 3.8) is 0 Å². The van der Waals surface area contributed by atoms with Crippen molar-refractivity contribution >= 4 is 16.9 Å². The van der Waals surface area contributed by atoms with Gasteiger partial charge in [0.15, 0.2) is 6.61 Å². The van der Waals surface area contributed by atoms with Crippen LogP contribution in [0, 0.1) is 0 Å². The van der Waals surface area contributed by atoms with Crippen molar-refractivity contribution in [1.29, 1.82) is 0 Å². The van der Waals surface area contributed by atoms with Crippen LogP contribution in [0.2, 0.25) is 0 Å². The number of benzene rings is 4. The third-order valence-corrected chi connectivity index (χ3v) is 6.39. The zero-order valence-corrected chi connectivity index (χ0v) is 21.0. The molecule has 0 saturated heterocycles. The van der Waals surface area contributed by atoms with Gasteiger partial charge in [-0.3, -0.25) is 0 Å². The Morgan fingerprint density at radius 3 is 2.16 bits per heavy atom. The average molecular weight is 491 g/mol. The molecule has 0 atom stereocenters. The first-order chi connectivity index (χ1) is 18.2. The van der Waals surface area contributed by atoms with E-state index in [1.807, 2.05) is 48.5 Å². The molecule has 37 heavy (non-hydrogen) atoms. The highest BCUT2D eigenvalue weighted by Crippen LogP contribution is 2.30. The Labute approximate surface area is 217 Å². The number of furan rings is 1. The van der Waals surface area contributed by atoms with Crippen molar-refractivity contribution < 1.29 is 18.7 Å². The summed E-state index contributed by atoms with van der Waals surface area (Å²) in [7, 11) is 0. The van der Waals surface area contributed by atoms with E-state index >= 15 is 0 Å². The van der Waals surface area contributed by atoms with Gasteiger partial charge in [-0.1, -0.05) is 86.1 Å². The van der Waals surface area contributed by atoms with Gasteiger partial charge in [0.05, 0.1) is 0 Å². The molecule has 0 saturated carbocycles. The number of carbonyl (C=O) groups excluding carboxylic acids is 1. The van der Waals surface area contributed by atoms with E-state index in [9.17, 15) is 4.79 Å². The van der Waals surface area contributed by atoms with Crippen LogP contribution < -0.4 is 9.47 Å². The SMILES string of the molecule is CCCCc1oc2ccccc2c1Cc1ccc(-c2ccc(OCC(=O)Oc3ccccc3)cc2)cc1. The van der Waals surface area contributed by atoms with Crippen LogP contribution in [0.4, 0.5) is 0 Å². The molecule has 4 nitrogen and oxygen atoms in total. The van der Waals surface area contributed by atoms with Gasteiger partial charge in [0.1, 0.15) is 22.8 Å². The Kier molecular flexibility index (Phi) is 7.66. The van der Waals surface area contributed by atoms with Crippen LogP contribution in [-0.4, -0.2) is 12.6 Å². The Morgan fingerprint density at radius 2 is 1.43 bits per heavy atom. The summed E-state index contributed by atoms with van der Waals surface area (Å²) in [5.74, 6) is 1.80. The smallest absolute Gasteiger partial charge is 0.349 e. The van der Waals surface area contributed by atoms with Gasteiger partial charge in [0.2, 0.25) is 0 Å². The highest BCUT2D eigenvalue weighted by atomic mass is 16.6. The topological polar surface area (TPSA) is 48.7 Å². The summed E-state index contributed by atoms with van der Waals surface area (Å²) in [4.78, 5) is 12.0. The van der Waals surface area contributed by atoms with Gasteiger partial charge >= 0.3 is 5.97 Å². The van der Waals surface area contributed by atoms with Crippen LogP contribution in [0.15, 0.2) is 108 Å². The van der Waals surface area contributed by atoms with Gasteiger partial charge < -0.3 is 13.9 Å². The van der Waals surface area contributed by atoms with Crippen LogP contribution in [0.25, 0.3) is 22.1 Å². The van der Waals surface area contributed by atoms with Crippen molar-refractivity contribution in [3.8, 4) is 22.6 Å². The molecule has 0 unspecified atom stereocenters. The minimum absolute atomic E-state index is 0.147. The summed E-state index contributed by atoms with van der Waals surface area (Å²) in [5.41, 5.74) is 5.73. The number of para-hydroxylation sites is 2. The predicted octanol–water partition coefficient (Wildman–Crippen LogP) is 8.02. The van der Waals surface area contributed by atoms with Gasteiger partial charge in [0, 0.05) is 23.8 Å². The van der Waals surface area contributed by atoms with E-state index < -0.39 is 5.97 Å². The van der Waals surface area contributed by atoms with E-state index in [4.69, 9.17) is 13.9 Å². The molecule has 0 radical (unpaired) electrons. The van der Waals surface area contributed by atoms with Gasteiger partial charge in [-0.05, 0) is 53.4 Å². The number of carbonyl (C=O) groups is 1. The molecule has 5 aromatic rings. The fourth-order valence-corrected chi connectivity index (χ4v) is 4.44. The summed E-state index contributed by atoms with van der Waals surface area (Å²) in [6.07, 6.45) is 4.09. The molecule has 4 aromatic carbocycles. The second kappa shape index (κ2) is 11.6. The molecule has 0 aliphatic carbocycles. The number of hydrogen-bond acceptors (Lipinski definition) is 4. The van der Waals surface area contributed by atoms with E-state index in [-0.39, 0.29) is 6.61 Å². The summed E-state index contributed by atoms with van der Waals surface area (Å²) in [6.45, 7) is 2.06. The first-order valence-corrected chi connectivity index (χ1v) is 12.8. The summed E-state index contributed by atoms with van der Waals surface area (Å²) in [5, 5.41) is 1.21. The quantitative estimate of drug-likeness (QED) is 0.147. The maximum atomic E-state index is 12.0. The number of ether oxygens (including phenoxy) is 2. The lowest BCUT2D eigenvalue weighted by molar-refractivity contribution is -0.136. The van der Waals surface area contributed by atoms with Crippen LogP contribution in [0.1, 0.15) is 36.7 Å². The molecule has 0 fully saturated rings. The largest absolute Gasteiger partial charge is 0.482 e. The standard InChI is InChI=1S/C33H30O4/c1-2-3-12-32-30(29-11-7-8-13-31(29)37-32)22-24-14-16-25(17-15-24)26-18-20-27(21-19-26)35-23-33(34)36-28-9-5-4-6-10-28/h4-11,13-21H,2-3,12,22-23H2,1H3. The molecule has 186 valence electrons. The van der Waals surface area contributed by atoms with Gasteiger partial charge in [-0.25, -0.2) is 4.79 Å². The molecule has 1 heterocycles. The Morgan fingerprint density at radius 1 is 0.757 bits per heavy atom. The second-order valence-electron chi connectivity index (χ2n) is 9.08. The van der Waals surface area contributed by atoms with Crippen molar-refractivity contribution in [2.24, 2.45) is 0 Å². The van der Waals surface area contributed by atoms with Crippen molar-refractivity contribution in [1.82, 2.24) is 0 Å². The van der Waals surface area contributed by atoms with Crippen molar-refractivity contribution in [2.75, 3.05) is 6.61 Å². The second-order valence-corrected chi connectivity index (χ2v) is 9.08. The molecule has 0 N–H and O–H groups in total. The maximum Gasteiger partial charge on any atom is 0.349 e. The lowest BCUT2D eigenvalue weighted by Crippen LogP contribution is -2.17. The predicted molar refractivity (Wildman–Crippen MR) is 147 cm³/mol. The Bertz CT molecular complexity index is 1450. The van der Waals surface area contributed by atoms with Gasteiger partial charge in [-0.15, -0.1) is 0 Å². The van der Waals surface area contributed by atoms with Crippen LogP contribution in [0.3, 0.4) is 0 Å². The molecular formula is C33H30O4. The fourth-order valence-electron chi connectivity index (χ4n) is 4.44. The number of fused-ring (bicyclic) bond motifs is 1. The van der Waals surface area contributed by atoms with Crippen LogP contribution in [0.5, 0.6) is 11.5 Å². The monoisotopic (exact) mass is 490 g/mol. The average Bonchev–Trinajstić information content (AvgIpc) is 3.29. The molecule has 0 bridgehead atoms. The van der Waals surface area contributed by atoms with E-state index in [1.54, 1.807) is 12.1 Å². The third kappa shape index (κ3) is 6.10. The first kappa shape index (κ1) is 24.4. The third-order valence-electron chi connectivity index (χ3n) is 6.39. The number of esters is 1. The summed E-state index contributed by atoms with van der Waals surface area (Å²) >= 11 is 0. The highest BCUT2D eigenvalue weighted by Gasteiger charge is 2.14. The first-order valence-electron chi connectivity index (χ1n) is 12.8. The Hall–Kier alpha value is -4.31. The molecule has 0 spiro atoms. The van der Waals surface area contributed by atoms with Gasteiger partial charge in [-0.2, -0.15) is 0 Å². The van der Waals surface area contributed by atoms with E-state index in [0.29, 0.717) is 11.5 Å². The minimum atomic E-state index is -0.436.